The van der Waals surface area contributed by atoms with Crippen molar-refractivity contribution in [2.24, 2.45) is 4.99 Å². The van der Waals surface area contributed by atoms with Gasteiger partial charge in [-0.1, -0.05) is 42.5 Å². The number of benzene rings is 3. The SMILES string of the molecule is CN=C(NOC=O)c1ccc(OCc2sc(-c3ccc(C(F)(F)F)cc3)nc2CCCOCc2ccccc2)cc1F. The van der Waals surface area contributed by atoms with Crippen LogP contribution in [0.5, 0.6) is 5.75 Å². The Morgan fingerprint density at radius 1 is 1.05 bits per heavy atom. The summed E-state index contributed by atoms with van der Waals surface area (Å²) in [7, 11) is 1.41. The van der Waals surface area contributed by atoms with E-state index >= 15 is 0 Å². The molecular weight excluding hydrogens is 574 g/mol. The van der Waals surface area contributed by atoms with E-state index in [0.29, 0.717) is 36.6 Å². The van der Waals surface area contributed by atoms with Gasteiger partial charge in [0, 0.05) is 25.3 Å². The molecule has 0 aliphatic rings. The van der Waals surface area contributed by atoms with Crippen molar-refractivity contribution in [3.63, 3.8) is 0 Å². The third kappa shape index (κ3) is 8.37. The van der Waals surface area contributed by atoms with E-state index in [4.69, 9.17) is 14.5 Å². The highest BCUT2D eigenvalue weighted by atomic mass is 32.1. The third-order valence-electron chi connectivity index (χ3n) is 6.04. The number of rotatable bonds is 13. The van der Waals surface area contributed by atoms with Gasteiger partial charge in [0.25, 0.3) is 0 Å². The van der Waals surface area contributed by atoms with Gasteiger partial charge in [0.2, 0.25) is 0 Å². The minimum absolute atomic E-state index is 0.0200. The van der Waals surface area contributed by atoms with Crippen LogP contribution in [0.15, 0.2) is 77.8 Å². The van der Waals surface area contributed by atoms with Gasteiger partial charge in [-0.05, 0) is 42.7 Å². The number of nitrogens with zero attached hydrogens (tertiary/aromatic N) is 2. The zero-order valence-electron chi connectivity index (χ0n) is 22.5. The normalized spacial score (nSPS) is 11.8. The van der Waals surface area contributed by atoms with Crippen LogP contribution < -0.4 is 10.2 Å². The second kappa shape index (κ2) is 14.6. The van der Waals surface area contributed by atoms with Gasteiger partial charge in [0.15, 0.2) is 5.84 Å². The Morgan fingerprint density at radius 2 is 1.81 bits per heavy atom. The first kappa shape index (κ1) is 30.7. The highest BCUT2D eigenvalue weighted by Crippen LogP contribution is 2.34. The van der Waals surface area contributed by atoms with Crippen molar-refractivity contribution in [3.8, 4) is 16.3 Å². The molecule has 3 aromatic carbocycles. The second-order valence-electron chi connectivity index (χ2n) is 8.92. The molecule has 0 amide bonds. The number of alkyl halides is 3. The maximum Gasteiger partial charge on any atom is 0.416 e. The Labute approximate surface area is 243 Å². The molecule has 0 saturated carbocycles. The second-order valence-corrected chi connectivity index (χ2v) is 10.0. The van der Waals surface area contributed by atoms with Crippen molar-refractivity contribution in [3.05, 3.63) is 106 Å². The van der Waals surface area contributed by atoms with Crippen molar-refractivity contribution >= 4 is 23.6 Å². The molecule has 1 heterocycles. The van der Waals surface area contributed by atoms with Gasteiger partial charge in [-0.3, -0.25) is 9.79 Å². The summed E-state index contributed by atoms with van der Waals surface area (Å²) in [6.45, 7) is 1.19. The van der Waals surface area contributed by atoms with E-state index in [0.717, 1.165) is 28.3 Å². The number of halogens is 4. The number of nitrogens with one attached hydrogen (secondary N) is 1. The molecular formula is C30H27F4N3O4S. The Bertz CT molecular complexity index is 1490. The van der Waals surface area contributed by atoms with E-state index in [1.54, 1.807) is 6.07 Å². The number of aromatic nitrogens is 1. The van der Waals surface area contributed by atoms with E-state index in [1.807, 2.05) is 30.3 Å². The van der Waals surface area contributed by atoms with E-state index < -0.39 is 17.6 Å². The lowest BCUT2D eigenvalue weighted by Crippen LogP contribution is -2.25. The average Bonchev–Trinajstić information content (AvgIpc) is 3.40. The first-order chi connectivity index (χ1) is 20.3. The molecule has 0 aliphatic heterocycles. The lowest BCUT2D eigenvalue weighted by Gasteiger charge is -2.10. The lowest BCUT2D eigenvalue weighted by atomic mass is 10.1. The highest BCUT2D eigenvalue weighted by Gasteiger charge is 2.30. The quantitative estimate of drug-likeness (QED) is 0.0456. The fourth-order valence-corrected chi connectivity index (χ4v) is 4.98. The highest BCUT2D eigenvalue weighted by molar-refractivity contribution is 7.15. The Morgan fingerprint density at radius 3 is 2.48 bits per heavy atom. The number of hydroxylamine groups is 1. The van der Waals surface area contributed by atoms with Crippen LogP contribution in [0, 0.1) is 5.82 Å². The third-order valence-corrected chi connectivity index (χ3v) is 7.16. The number of aryl methyl sites for hydroxylation is 1. The summed E-state index contributed by atoms with van der Waals surface area (Å²) in [5.74, 6) is -0.392. The van der Waals surface area contributed by atoms with E-state index in [1.165, 1.54) is 42.6 Å². The van der Waals surface area contributed by atoms with Crippen molar-refractivity contribution in [1.82, 2.24) is 10.5 Å². The summed E-state index contributed by atoms with van der Waals surface area (Å²) in [6.07, 6.45) is -3.22. The summed E-state index contributed by atoms with van der Waals surface area (Å²) in [5.41, 5.74) is 3.92. The number of carbonyl (C=O) groups is 1. The maximum atomic E-state index is 14.8. The average molecular weight is 602 g/mol. The number of carbonyl (C=O) groups excluding carboxylic acids is 1. The number of hydrogen-bond acceptors (Lipinski definition) is 7. The Hall–Kier alpha value is -4.29. The molecule has 0 atom stereocenters. The minimum Gasteiger partial charge on any atom is -0.488 e. The van der Waals surface area contributed by atoms with E-state index in [9.17, 15) is 22.4 Å². The summed E-state index contributed by atoms with van der Waals surface area (Å²) in [4.78, 5) is 24.2. The lowest BCUT2D eigenvalue weighted by molar-refractivity contribution is -0.137. The van der Waals surface area contributed by atoms with Gasteiger partial charge in [-0.15, -0.1) is 11.3 Å². The molecule has 1 aromatic heterocycles. The number of ether oxygens (including phenoxy) is 2. The maximum absolute atomic E-state index is 14.8. The summed E-state index contributed by atoms with van der Waals surface area (Å²) in [5, 5.41) is 0.550. The molecule has 220 valence electrons. The number of aliphatic imine (C=N–C) groups is 1. The zero-order valence-corrected chi connectivity index (χ0v) is 23.3. The molecule has 42 heavy (non-hydrogen) atoms. The summed E-state index contributed by atoms with van der Waals surface area (Å²) < 4.78 is 65.5. The first-order valence-electron chi connectivity index (χ1n) is 12.8. The van der Waals surface area contributed by atoms with Gasteiger partial charge < -0.3 is 14.3 Å². The molecule has 0 aliphatic carbocycles. The molecule has 0 fully saturated rings. The monoisotopic (exact) mass is 601 g/mol. The molecule has 0 unspecified atom stereocenters. The van der Waals surface area contributed by atoms with Crippen LogP contribution in [0.25, 0.3) is 10.6 Å². The molecule has 0 radical (unpaired) electrons. The number of hydrogen-bond donors (Lipinski definition) is 1. The minimum atomic E-state index is -4.43. The fraction of sp³-hybridized carbons (Fsp3) is 0.233. The van der Waals surface area contributed by atoms with Crippen LogP contribution in [-0.4, -0.2) is 30.9 Å². The van der Waals surface area contributed by atoms with E-state index in [-0.39, 0.29) is 30.2 Å². The van der Waals surface area contributed by atoms with Gasteiger partial charge in [0.1, 0.15) is 23.2 Å². The summed E-state index contributed by atoms with van der Waals surface area (Å²) >= 11 is 1.30. The van der Waals surface area contributed by atoms with Gasteiger partial charge in [0.05, 0.1) is 28.3 Å². The largest absolute Gasteiger partial charge is 0.488 e. The smallest absolute Gasteiger partial charge is 0.416 e. The molecule has 0 bridgehead atoms. The van der Waals surface area contributed by atoms with Crippen LogP contribution in [-0.2, 0) is 40.2 Å². The van der Waals surface area contributed by atoms with Crippen molar-refractivity contribution in [2.75, 3.05) is 13.7 Å². The summed E-state index contributed by atoms with van der Waals surface area (Å²) in [6, 6.07) is 18.8. The number of thiazole rings is 1. The van der Waals surface area contributed by atoms with Gasteiger partial charge in [-0.2, -0.15) is 13.2 Å². The van der Waals surface area contributed by atoms with Crippen LogP contribution >= 0.6 is 11.3 Å². The fourth-order valence-electron chi connectivity index (χ4n) is 3.95. The standard InChI is InChI=1S/C30H27F4N3O4S/c1-35-28(37-41-19-38)24-14-13-23(16-25(24)31)40-18-27-26(8-5-15-39-17-20-6-3-2-4-7-20)36-29(42-27)21-9-11-22(12-10-21)30(32,33)34/h2-4,6-7,9-14,16,19H,5,8,15,17-18H2,1H3,(H,35,37). The van der Waals surface area contributed by atoms with Crippen LogP contribution in [0.1, 0.15) is 33.7 Å². The van der Waals surface area contributed by atoms with Crippen LogP contribution in [0.3, 0.4) is 0 Å². The van der Waals surface area contributed by atoms with Gasteiger partial charge in [-0.25, -0.2) is 14.9 Å². The zero-order chi connectivity index (χ0) is 30.0. The van der Waals surface area contributed by atoms with E-state index in [2.05, 4.69) is 15.3 Å². The molecule has 0 saturated heterocycles. The van der Waals surface area contributed by atoms with Crippen molar-refractivity contribution in [1.29, 1.82) is 0 Å². The van der Waals surface area contributed by atoms with Crippen molar-refractivity contribution < 1.29 is 36.7 Å². The molecule has 7 nitrogen and oxygen atoms in total. The Kier molecular flexibility index (Phi) is 10.6. The predicted molar refractivity (Wildman–Crippen MR) is 150 cm³/mol. The van der Waals surface area contributed by atoms with Gasteiger partial charge >= 0.3 is 12.6 Å². The molecule has 1 N–H and O–H groups in total. The topological polar surface area (TPSA) is 82.0 Å². The molecule has 12 heteroatoms. The van der Waals surface area contributed by atoms with Crippen LogP contribution in [0.4, 0.5) is 17.6 Å². The molecule has 4 rings (SSSR count). The molecule has 4 aromatic rings. The van der Waals surface area contributed by atoms with Crippen molar-refractivity contribution in [2.45, 2.75) is 32.2 Å². The predicted octanol–water partition coefficient (Wildman–Crippen LogP) is 6.75. The van der Waals surface area contributed by atoms with Crippen LogP contribution in [0.2, 0.25) is 0 Å². The first-order valence-corrected chi connectivity index (χ1v) is 13.6. The number of amidine groups is 1. The molecule has 0 spiro atoms. The Balaban J connectivity index is 1.47.